The highest BCUT2D eigenvalue weighted by Crippen LogP contribution is 2.26. The molecule has 0 spiro atoms. The van der Waals surface area contributed by atoms with Gasteiger partial charge < -0.3 is 10.1 Å². The number of ether oxygens (including phenoxy) is 1. The molecule has 2 N–H and O–H groups in total. The van der Waals surface area contributed by atoms with Gasteiger partial charge in [-0.05, 0) is 61.0 Å². The third-order valence-electron chi connectivity index (χ3n) is 4.44. The monoisotopic (exact) mass is 458 g/mol. The van der Waals surface area contributed by atoms with E-state index in [1.807, 2.05) is 0 Å². The molecule has 0 saturated heterocycles. The number of methoxy groups -OCH3 is 1. The van der Waals surface area contributed by atoms with Gasteiger partial charge in [-0.3, -0.25) is 9.52 Å². The SMILES string of the molecule is COC(=O)c1ccc(NC(=O)c2ccc(Cl)c(S(=O)(=O)Nc3ccccc3C)c2)cc1. The topological polar surface area (TPSA) is 102 Å². The zero-order chi connectivity index (χ0) is 22.6. The fourth-order valence-electron chi connectivity index (χ4n) is 2.75. The first kappa shape index (κ1) is 22.3. The van der Waals surface area contributed by atoms with Gasteiger partial charge in [-0.2, -0.15) is 0 Å². The van der Waals surface area contributed by atoms with Crippen LogP contribution in [0.5, 0.6) is 0 Å². The molecule has 0 aliphatic rings. The van der Waals surface area contributed by atoms with Gasteiger partial charge in [-0.25, -0.2) is 13.2 Å². The molecule has 0 aromatic heterocycles. The molecule has 7 nitrogen and oxygen atoms in total. The molecule has 0 aliphatic carbocycles. The van der Waals surface area contributed by atoms with Crippen molar-refractivity contribution in [3.63, 3.8) is 0 Å². The number of amides is 1. The quantitative estimate of drug-likeness (QED) is 0.530. The zero-order valence-electron chi connectivity index (χ0n) is 16.7. The van der Waals surface area contributed by atoms with Crippen molar-refractivity contribution in [2.75, 3.05) is 17.1 Å². The molecule has 3 aromatic carbocycles. The normalized spacial score (nSPS) is 10.9. The summed E-state index contributed by atoms with van der Waals surface area (Å²) in [5.74, 6) is -1.03. The summed E-state index contributed by atoms with van der Waals surface area (Å²) < 4.78 is 32.9. The highest BCUT2D eigenvalue weighted by molar-refractivity contribution is 7.92. The molecular formula is C22H19ClN2O5S. The molecule has 0 heterocycles. The van der Waals surface area contributed by atoms with E-state index in [0.717, 1.165) is 5.56 Å². The molecule has 1 amide bonds. The van der Waals surface area contributed by atoms with Crippen LogP contribution in [-0.4, -0.2) is 27.4 Å². The molecule has 0 aliphatic heterocycles. The number of benzene rings is 3. The Morgan fingerprint density at radius 2 is 1.58 bits per heavy atom. The molecule has 0 atom stereocenters. The number of halogens is 1. The maximum atomic E-state index is 12.9. The minimum Gasteiger partial charge on any atom is -0.465 e. The third-order valence-corrected chi connectivity index (χ3v) is 6.28. The maximum Gasteiger partial charge on any atom is 0.337 e. The molecule has 3 rings (SSSR count). The van der Waals surface area contributed by atoms with E-state index < -0.39 is 21.9 Å². The van der Waals surface area contributed by atoms with Gasteiger partial charge in [-0.1, -0.05) is 29.8 Å². The number of para-hydroxylation sites is 1. The molecule has 0 radical (unpaired) electrons. The van der Waals surface area contributed by atoms with Gasteiger partial charge in [0.05, 0.1) is 23.4 Å². The molecule has 0 saturated carbocycles. The lowest BCUT2D eigenvalue weighted by molar-refractivity contribution is 0.0600. The van der Waals surface area contributed by atoms with Gasteiger partial charge in [0.25, 0.3) is 15.9 Å². The first-order chi connectivity index (χ1) is 14.7. The van der Waals surface area contributed by atoms with Crippen LogP contribution < -0.4 is 10.0 Å². The van der Waals surface area contributed by atoms with Crippen LogP contribution >= 0.6 is 11.6 Å². The van der Waals surface area contributed by atoms with Gasteiger partial charge >= 0.3 is 5.97 Å². The number of hydrogen-bond donors (Lipinski definition) is 2. The summed E-state index contributed by atoms with van der Waals surface area (Å²) in [5.41, 5.74) is 2.02. The fourth-order valence-corrected chi connectivity index (χ4v) is 4.41. The molecule has 9 heteroatoms. The number of hydrogen-bond acceptors (Lipinski definition) is 5. The van der Waals surface area contributed by atoms with Crippen LogP contribution in [0.25, 0.3) is 0 Å². The van der Waals surface area contributed by atoms with Gasteiger partial charge in [0.15, 0.2) is 0 Å². The smallest absolute Gasteiger partial charge is 0.337 e. The zero-order valence-corrected chi connectivity index (χ0v) is 18.3. The number of rotatable bonds is 6. The van der Waals surface area contributed by atoms with Crippen molar-refractivity contribution in [1.82, 2.24) is 0 Å². The Hall–Kier alpha value is -3.36. The summed E-state index contributed by atoms with van der Waals surface area (Å²) in [4.78, 5) is 23.9. The Labute approximate surface area is 185 Å². The third kappa shape index (κ3) is 5.22. The summed E-state index contributed by atoms with van der Waals surface area (Å²) in [6.07, 6.45) is 0. The minimum atomic E-state index is -4.03. The highest BCUT2D eigenvalue weighted by Gasteiger charge is 2.21. The van der Waals surface area contributed by atoms with E-state index in [9.17, 15) is 18.0 Å². The molecule has 0 bridgehead atoms. The predicted molar refractivity (Wildman–Crippen MR) is 119 cm³/mol. The maximum absolute atomic E-state index is 12.9. The second-order valence-corrected chi connectivity index (χ2v) is 8.65. The summed E-state index contributed by atoms with van der Waals surface area (Å²) >= 11 is 6.12. The molecule has 0 fully saturated rings. The van der Waals surface area contributed by atoms with Crippen molar-refractivity contribution in [1.29, 1.82) is 0 Å². The number of aryl methyl sites for hydroxylation is 1. The number of esters is 1. The largest absolute Gasteiger partial charge is 0.465 e. The van der Waals surface area contributed by atoms with E-state index in [1.165, 1.54) is 49.6 Å². The van der Waals surface area contributed by atoms with Gasteiger partial charge in [0.2, 0.25) is 0 Å². The summed E-state index contributed by atoms with van der Waals surface area (Å²) in [7, 11) is -2.75. The second kappa shape index (κ2) is 9.20. The molecule has 0 unspecified atom stereocenters. The van der Waals surface area contributed by atoms with Crippen molar-refractivity contribution in [3.05, 3.63) is 88.4 Å². The lowest BCUT2D eigenvalue weighted by atomic mass is 10.2. The lowest BCUT2D eigenvalue weighted by Gasteiger charge is -2.13. The number of anilines is 2. The predicted octanol–water partition coefficient (Wildman–Crippen LogP) is 4.49. The van der Waals surface area contributed by atoms with Crippen molar-refractivity contribution in [2.24, 2.45) is 0 Å². The summed E-state index contributed by atoms with van der Waals surface area (Å²) in [6.45, 7) is 1.77. The highest BCUT2D eigenvalue weighted by atomic mass is 35.5. The Kier molecular flexibility index (Phi) is 6.62. The average molecular weight is 459 g/mol. The van der Waals surface area contributed by atoms with Crippen LogP contribution in [0, 0.1) is 6.92 Å². The van der Waals surface area contributed by atoms with Crippen LogP contribution in [-0.2, 0) is 14.8 Å². The average Bonchev–Trinajstić information content (AvgIpc) is 2.75. The second-order valence-electron chi connectivity index (χ2n) is 6.59. The Morgan fingerprint density at radius 1 is 0.935 bits per heavy atom. The molecule has 160 valence electrons. The van der Waals surface area contributed by atoms with Crippen LogP contribution in [0.1, 0.15) is 26.3 Å². The van der Waals surface area contributed by atoms with Crippen molar-refractivity contribution in [3.8, 4) is 0 Å². The number of carbonyl (C=O) groups is 2. The Balaban J connectivity index is 1.84. The van der Waals surface area contributed by atoms with Crippen molar-refractivity contribution in [2.45, 2.75) is 11.8 Å². The molecule has 3 aromatic rings. The van der Waals surface area contributed by atoms with E-state index >= 15 is 0 Å². The van der Waals surface area contributed by atoms with Crippen molar-refractivity contribution < 1.29 is 22.7 Å². The number of carbonyl (C=O) groups excluding carboxylic acids is 2. The van der Waals surface area contributed by atoms with Crippen LogP contribution in [0.4, 0.5) is 11.4 Å². The van der Waals surface area contributed by atoms with Crippen LogP contribution in [0.3, 0.4) is 0 Å². The standard InChI is InChI=1S/C22H19ClN2O5S/c1-14-5-3-4-6-19(14)25-31(28,29)20-13-16(9-12-18(20)23)21(26)24-17-10-7-15(8-11-17)22(27)30-2/h3-13,25H,1-2H3,(H,24,26). The first-order valence-electron chi connectivity index (χ1n) is 9.09. The number of sulfonamides is 1. The van der Waals surface area contributed by atoms with Crippen LogP contribution in [0.15, 0.2) is 71.6 Å². The fraction of sp³-hybridized carbons (Fsp3) is 0.0909. The molecular weight excluding hydrogens is 440 g/mol. The minimum absolute atomic E-state index is 0.0138. The first-order valence-corrected chi connectivity index (χ1v) is 10.9. The van der Waals surface area contributed by atoms with E-state index in [2.05, 4.69) is 14.8 Å². The number of nitrogens with one attached hydrogen (secondary N) is 2. The van der Waals surface area contributed by atoms with E-state index in [-0.39, 0.29) is 15.5 Å². The Bertz CT molecular complexity index is 1240. The van der Waals surface area contributed by atoms with Crippen molar-refractivity contribution >= 4 is 44.9 Å². The van der Waals surface area contributed by atoms with E-state index in [0.29, 0.717) is 16.9 Å². The summed E-state index contributed by atoms with van der Waals surface area (Å²) in [5, 5.41) is 2.64. The van der Waals surface area contributed by atoms with Crippen LogP contribution in [0.2, 0.25) is 5.02 Å². The van der Waals surface area contributed by atoms with E-state index in [1.54, 1.807) is 31.2 Å². The molecule has 31 heavy (non-hydrogen) atoms. The van der Waals surface area contributed by atoms with Gasteiger partial charge in [0, 0.05) is 11.3 Å². The van der Waals surface area contributed by atoms with E-state index in [4.69, 9.17) is 11.6 Å². The van der Waals surface area contributed by atoms with Gasteiger partial charge in [-0.15, -0.1) is 0 Å². The lowest BCUT2D eigenvalue weighted by Crippen LogP contribution is -2.17. The van der Waals surface area contributed by atoms with Gasteiger partial charge in [0.1, 0.15) is 4.90 Å². The Morgan fingerprint density at radius 3 is 2.23 bits per heavy atom. The summed E-state index contributed by atoms with van der Waals surface area (Å²) in [6, 6.07) is 17.0.